The standard InChI is InChI=1S/C13H9FN2O/c14-12-2-1-3-13(11(12)8-15)17-9-10-4-6-16-7-5-10/h1-7H,9H2. The molecule has 2 rings (SSSR count). The third-order valence-corrected chi connectivity index (χ3v) is 2.23. The van der Waals surface area contributed by atoms with Gasteiger partial charge in [0.1, 0.15) is 29.8 Å². The Morgan fingerprint density at radius 3 is 2.71 bits per heavy atom. The summed E-state index contributed by atoms with van der Waals surface area (Å²) in [5.41, 5.74) is 0.842. The van der Waals surface area contributed by atoms with Gasteiger partial charge in [0, 0.05) is 12.4 Å². The Labute approximate surface area is 98.1 Å². The van der Waals surface area contributed by atoms with Crippen molar-refractivity contribution in [2.75, 3.05) is 0 Å². The van der Waals surface area contributed by atoms with Gasteiger partial charge in [-0.15, -0.1) is 0 Å². The minimum atomic E-state index is -0.570. The normalized spacial score (nSPS) is 9.65. The number of hydrogen-bond acceptors (Lipinski definition) is 3. The predicted molar refractivity (Wildman–Crippen MR) is 59.7 cm³/mol. The van der Waals surface area contributed by atoms with Crippen LogP contribution in [0, 0.1) is 17.1 Å². The molecule has 0 saturated carbocycles. The maximum Gasteiger partial charge on any atom is 0.144 e. The van der Waals surface area contributed by atoms with E-state index in [1.54, 1.807) is 36.7 Å². The fourth-order valence-corrected chi connectivity index (χ4v) is 1.37. The minimum absolute atomic E-state index is 0.0680. The summed E-state index contributed by atoms with van der Waals surface area (Å²) in [5.74, 6) is -0.316. The molecule has 0 amide bonds. The van der Waals surface area contributed by atoms with E-state index in [0.717, 1.165) is 5.56 Å². The van der Waals surface area contributed by atoms with Crippen LogP contribution in [0.3, 0.4) is 0 Å². The lowest BCUT2D eigenvalue weighted by atomic mass is 10.2. The molecule has 0 fully saturated rings. The van der Waals surface area contributed by atoms with E-state index >= 15 is 0 Å². The van der Waals surface area contributed by atoms with Gasteiger partial charge in [0.15, 0.2) is 0 Å². The first-order valence-electron chi connectivity index (χ1n) is 5.01. The number of aromatic nitrogens is 1. The lowest BCUT2D eigenvalue weighted by Gasteiger charge is -2.07. The first-order valence-corrected chi connectivity index (χ1v) is 5.01. The van der Waals surface area contributed by atoms with Crippen molar-refractivity contribution in [1.82, 2.24) is 4.98 Å². The molecule has 0 saturated heterocycles. The summed E-state index contributed by atoms with van der Waals surface area (Å²) in [6.45, 7) is 0.278. The molecule has 0 spiro atoms. The van der Waals surface area contributed by atoms with Crippen LogP contribution in [0.4, 0.5) is 4.39 Å². The van der Waals surface area contributed by atoms with Crippen LogP contribution >= 0.6 is 0 Å². The number of nitrogens with zero attached hydrogens (tertiary/aromatic N) is 2. The smallest absolute Gasteiger partial charge is 0.144 e. The van der Waals surface area contributed by atoms with E-state index in [9.17, 15) is 4.39 Å². The molecular formula is C13H9FN2O. The number of nitriles is 1. The van der Waals surface area contributed by atoms with Crippen molar-refractivity contribution in [3.05, 3.63) is 59.7 Å². The lowest BCUT2D eigenvalue weighted by molar-refractivity contribution is 0.303. The molecule has 0 radical (unpaired) electrons. The van der Waals surface area contributed by atoms with Crippen LogP contribution in [0.2, 0.25) is 0 Å². The maximum absolute atomic E-state index is 13.3. The Balaban J connectivity index is 2.15. The summed E-state index contributed by atoms with van der Waals surface area (Å²) in [7, 11) is 0. The Bertz CT molecular complexity index is 549. The van der Waals surface area contributed by atoms with Gasteiger partial charge in [-0.2, -0.15) is 5.26 Å². The molecule has 0 unspecified atom stereocenters. The number of ether oxygens (including phenoxy) is 1. The van der Waals surface area contributed by atoms with Crippen LogP contribution in [0.25, 0.3) is 0 Å². The highest BCUT2D eigenvalue weighted by Crippen LogP contribution is 2.21. The minimum Gasteiger partial charge on any atom is -0.487 e. The molecule has 84 valence electrons. The lowest BCUT2D eigenvalue weighted by Crippen LogP contribution is -1.98. The first-order chi connectivity index (χ1) is 8.31. The zero-order chi connectivity index (χ0) is 12.1. The zero-order valence-corrected chi connectivity index (χ0v) is 8.93. The zero-order valence-electron chi connectivity index (χ0n) is 8.93. The fraction of sp³-hybridized carbons (Fsp3) is 0.0769. The summed E-state index contributed by atoms with van der Waals surface area (Å²) in [6.07, 6.45) is 3.30. The topological polar surface area (TPSA) is 45.9 Å². The van der Waals surface area contributed by atoms with E-state index in [2.05, 4.69) is 4.98 Å². The van der Waals surface area contributed by atoms with Gasteiger partial charge in [0.05, 0.1) is 0 Å². The second-order valence-corrected chi connectivity index (χ2v) is 3.37. The molecule has 0 aliphatic heterocycles. The Kier molecular flexibility index (Phi) is 3.31. The van der Waals surface area contributed by atoms with E-state index in [-0.39, 0.29) is 17.9 Å². The highest BCUT2D eigenvalue weighted by Gasteiger charge is 2.08. The Hall–Kier alpha value is -2.41. The van der Waals surface area contributed by atoms with Crippen molar-refractivity contribution in [2.24, 2.45) is 0 Å². The summed E-state index contributed by atoms with van der Waals surface area (Å²) < 4.78 is 18.7. The molecule has 0 N–H and O–H groups in total. The molecule has 2 aromatic rings. The first kappa shape index (κ1) is 11.1. The third-order valence-electron chi connectivity index (χ3n) is 2.23. The Morgan fingerprint density at radius 2 is 2.00 bits per heavy atom. The van der Waals surface area contributed by atoms with Gasteiger partial charge in [0.2, 0.25) is 0 Å². The predicted octanol–water partition coefficient (Wildman–Crippen LogP) is 2.67. The van der Waals surface area contributed by atoms with Crippen molar-refractivity contribution in [2.45, 2.75) is 6.61 Å². The van der Waals surface area contributed by atoms with Gasteiger partial charge in [-0.1, -0.05) is 6.07 Å². The number of halogens is 1. The third kappa shape index (κ3) is 2.58. The number of rotatable bonds is 3. The maximum atomic E-state index is 13.3. The van der Waals surface area contributed by atoms with Crippen LogP contribution in [-0.4, -0.2) is 4.98 Å². The highest BCUT2D eigenvalue weighted by atomic mass is 19.1. The fourth-order valence-electron chi connectivity index (χ4n) is 1.37. The summed E-state index contributed by atoms with van der Waals surface area (Å²) in [4.78, 5) is 3.88. The summed E-state index contributed by atoms with van der Waals surface area (Å²) in [5, 5.41) is 8.82. The number of benzene rings is 1. The van der Waals surface area contributed by atoms with Crippen LogP contribution in [0.15, 0.2) is 42.7 Å². The van der Waals surface area contributed by atoms with Gasteiger partial charge in [-0.3, -0.25) is 4.98 Å². The molecule has 0 aliphatic carbocycles. The largest absolute Gasteiger partial charge is 0.487 e. The quantitative estimate of drug-likeness (QED) is 0.811. The van der Waals surface area contributed by atoms with Gasteiger partial charge in [-0.05, 0) is 29.8 Å². The van der Waals surface area contributed by atoms with Crippen molar-refractivity contribution in [1.29, 1.82) is 5.26 Å². The van der Waals surface area contributed by atoms with Crippen molar-refractivity contribution < 1.29 is 9.13 Å². The second kappa shape index (κ2) is 5.08. The average molecular weight is 228 g/mol. The molecule has 0 atom stereocenters. The van der Waals surface area contributed by atoms with Crippen LogP contribution < -0.4 is 4.74 Å². The molecule has 0 bridgehead atoms. The van der Waals surface area contributed by atoms with Gasteiger partial charge in [0.25, 0.3) is 0 Å². The van der Waals surface area contributed by atoms with E-state index in [4.69, 9.17) is 10.00 Å². The SMILES string of the molecule is N#Cc1c(F)cccc1OCc1ccncc1. The molecule has 0 aliphatic rings. The van der Waals surface area contributed by atoms with E-state index in [0.29, 0.717) is 0 Å². The summed E-state index contributed by atoms with van der Waals surface area (Å²) in [6, 6.07) is 9.70. The molecule has 1 aromatic carbocycles. The summed E-state index contributed by atoms with van der Waals surface area (Å²) >= 11 is 0. The second-order valence-electron chi connectivity index (χ2n) is 3.37. The monoisotopic (exact) mass is 228 g/mol. The van der Waals surface area contributed by atoms with E-state index in [1.165, 1.54) is 12.1 Å². The molecule has 4 heteroatoms. The molecule has 3 nitrogen and oxygen atoms in total. The van der Waals surface area contributed by atoms with Crippen molar-refractivity contribution >= 4 is 0 Å². The van der Waals surface area contributed by atoms with Crippen LogP contribution in [0.1, 0.15) is 11.1 Å². The van der Waals surface area contributed by atoms with Gasteiger partial charge in [-0.25, -0.2) is 4.39 Å². The van der Waals surface area contributed by atoms with E-state index in [1.807, 2.05) is 0 Å². The average Bonchev–Trinajstić information content (AvgIpc) is 2.37. The number of hydrogen-bond donors (Lipinski definition) is 0. The van der Waals surface area contributed by atoms with Crippen molar-refractivity contribution in [3.63, 3.8) is 0 Å². The molecule has 1 heterocycles. The van der Waals surface area contributed by atoms with Gasteiger partial charge < -0.3 is 4.74 Å². The van der Waals surface area contributed by atoms with Crippen LogP contribution in [-0.2, 0) is 6.61 Å². The Morgan fingerprint density at radius 1 is 1.24 bits per heavy atom. The molecule has 17 heavy (non-hydrogen) atoms. The molecular weight excluding hydrogens is 219 g/mol. The van der Waals surface area contributed by atoms with Crippen molar-refractivity contribution in [3.8, 4) is 11.8 Å². The van der Waals surface area contributed by atoms with E-state index < -0.39 is 5.82 Å². The highest BCUT2D eigenvalue weighted by molar-refractivity contribution is 5.43. The number of pyridine rings is 1. The van der Waals surface area contributed by atoms with Crippen LogP contribution in [0.5, 0.6) is 5.75 Å². The molecule has 1 aromatic heterocycles. The van der Waals surface area contributed by atoms with Gasteiger partial charge >= 0.3 is 0 Å².